The summed E-state index contributed by atoms with van der Waals surface area (Å²) < 4.78 is 16.9. The minimum atomic E-state index is -0.985. The maximum Gasteiger partial charge on any atom is 0.407 e. The van der Waals surface area contributed by atoms with Crippen molar-refractivity contribution in [1.29, 1.82) is 0 Å². The summed E-state index contributed by atoms with van der Waals surface area (Å²) in [6, 6.07) is 12.3. The first-order valence-corrected chi connectivity index (χ1v) is 16.0. The first-order chi connectivity index (χ1) is 22.0. The summed E-state index contributed by atoms with van der Waals surface area (Å²) in [7, 11) is 6.88. The van der Waals surface area contributed by atoms with Gasteiger partial charge in [-0.05, 0) is 58.1 Å². The molecule has 0 radical (unpaired) electrons. The summed E-state index contributed by atoms with van der Waals surface area (Å²) >= 11 is 0. The molecule has 9 heteroatoms. The molecule has 9 nitrogen and oxygen atoms in total. The van der Waals surface area contributed by atoms with E-state index in [9.17, 15) is 14.4 Å². The summed E-state index contributed by atoms with van der Waals surface area (Å²) in [5.74, 6) is -0.965. The van der Waals surface area contributed by atoms with E-state index in [0.29, 0.717) is 0 Å². The number of carbonyl (C=O) groups is 3. The van der Waals surface area contributed by atoms with Gasteiger partial charge >= 0.3 is 12.1 Å². The number of carbonyl (C=O) groups excluding carboxylic acids is 3. The van der Waals surface area contributed by atoms with Gasteiger partial charge in [-0.15, -0.1) is 6.58 Å². The predicted octanol–water partition coefficient (Wildman–Crippen LogP) is 6.81. The highest BCUT2D eigenvalue weighted by Crippen LogP contribution is 2.41. The third-order valence-corrected chi connectivity index (χ3v) is 8.96. The third kappa shape index (κ3) is 8.83. The van der Waals surface area contributed by atoms with Gasteiger partial charge in [-0.1, -0.05) is 83.7 Å². The molecule has 3 atom stereocenters. The Morgan fingerprint density at radius 3 is 2.26 bits per heavy atom. The highest BCUT2D eigenvalue weighted by Gasteiger charge is 2.53. The first-order valence-electron chi connectivity index (χ1n) is 16.0. The smallest absolute Gasteiger partial charge is 0.407 e. The average Bonchev–Trinajstić information content (AvgIpc) is 3.45. The van der Waals surface area contributed by atoms with Gasteiger partial charge in [0.05, 0.1) is 20.3 Å². The number of likely N-dealkylation sites (tertiary alicyclic amines) is 1. The van der Waals surface area contributed by atoms with Gasteiger partial charge in [0, 0.05) is 33.3 Å². The molecule has 256 valence electrons. The largest absolute Gasteiger partial charge is 0.467 e. The molecule has 0 aliphatic carbocycles. The molecule has 0 aromatic heterocycles. The van der Waals surface area contributed by atoms with Crippen molar-refractivity contribution in [2.45, 2.75) is 71.6 Å². The van der Waals surface area contributed by atoms with Crippen molar-refractivity contribution in [3.05, 3.63) is 72.8 Å². The summed E-state index contributed by atoms with van der Waals surface area (Å²) in [5, 5.41) is 2.80. The number of amides is 2. The van der Waals surface area contributed by atoms with Crippen LogP contribution in [0.15, 0.2) is 61.7 Å². The lowest BCUT2D eigenvalue weighted by Crippen LogP contribution is -2.57. The number of methoxy groups -OCH3 is 2. The Morgan fingerprint density at radius 2 is 1.72 bits per heavy atom. The average molecular weight is 648 g/mol. The number of anilines is 1. The van der Waals surface area contributed by atoms with Gasteiger partial charge in [0.25, 0.3) is 0 Å². The van der Waals surface area contributed by atoms with Crippen molar-refractivity contribution in [2.24, 2.45) is 10.8 Å². The van der Waals surface area contributed by atoms with E-state index < -0.39 is 41.1 Å². The molecule has 0 saturated carbocycles. The fourth-order valence-electron chi connectivity index (χ4n) is 5.94. The molecule has 1 aliphatic heterocycles. The Balaban J connectivity index is 1.91. The first kappa shape index (κ1) is 37.3. The molecule has 1 aliphatic rings. The van der Waals surface area contributed by atoms with Gasteiger partial charge in [0.1, 0.15) is 17.7 Å². The van der Waals surface area contributed by atoms with Crippen LogP contribution in [-0.2, 0) is 29.4 Å². The molecule has 1 fully saturated rings. The zero-order chi connectivity index (χ0) is 35.2. The summed E-state index contributed by atoms with van der Waals surface area (Å²) in [4.78, 5) is 44.0. The second-order valence-corrected chi connectivity index (χ2v) is 14.4. The van der Waals surface area contributed by atoms with Gasteiger partial charge in [0.2, 0.25) is 5.91 Å². The van der Waals surface area contributed by atoms with Gasteiger partial charge in [-0.2, -0.15) is 0 Å². The van der Waals surface area contributed by atoms with Crippen molar-refractivity contribution < 1.29 is 28.6 Å². The van der Waals surface area contributed by atoms with Gasteiger partial charge in [0.15, 0.2) is 0 Å². The van der Waals surface area contributed by atoms with E-state index in [1.807, 2.05) is 90.0 Å². The number of rotatable bonds is 13. The zero-order valence-corrected chi connectivity index (χ0v) is 29.6. The quantitative estimate of drug-likeness (QED) is 0.188. The van der Waals surface area contributed by atoms with Crippen LogP contribution >= 0.6 is 0 Å². The molecule has 0 spiro atoms. The number of ether oxygens (including phenoxy) is 3. The summed E-state index contributed by atoms with van der Waals surface area (Å²) in [6.07, 6.45) is 4.78. The number of benzene rings is 2. The van der Waals surface area contributed by atoms with E-state index in [2.05, 4.69) is 36.7 Å². The van der Waals surface area contributed by atoms with E-state index in [0.717, 1.165) is 40.8 Å². The molecular weight excluding hydrogens is 594 g/mol. The van der Waals surface area contributed by atoms with Crippen LogP contribution in [0.1, 0.15) is 65.0 Å². The Morgan fingerprint density at radius 1 is 1.06 bits per heavy atom. The SMILES string of the molecule is C=CCCC(C)(C)COC(=O)N[C@H](C(=O)N1C[C@](OC)(c2ccc(-c3ccc(N(C)C)cc3C=C)cc2)C[C@H]1C(=O)OC)C(C)(C)C. The molecule has 1 N–H and O–H groups in total. The number of nitrogens with one attached hydrogen (secondary N) is 1. The van der Waals surface area contributed by atoms with Gasteiger partial charge in [-0.3, -0.25) is 4.79 Å². The van der Waals surface area contributed by atoms with Crippen LogP contribution < -0.4 is 10.2 Å². The zero-order valence-electron chi connectivity index (χ0n) is 29.6. The van der Waals surface area contributed by atoms with E-state index in [4.69, 9.17) is 14.2 Å². The topological polar surface area (TPSA) is 97.4 Å². The lowest BCUT2D eigenvalue weighted by Gasteiger charge is -2.35. The standard InChI is InChI=1S/C38H53N3O6/c1-12-14-21-37(6,7)25-47-35(44)39-32(36(3,4)5)33(42)41-24-38(46-11,23-31(41)34(43)45-10)28-17-15-27(16-18-28)30-20-19-29(40(8)9)22-26(30)13-2/h12-13,15-20,22,31-32H,1-2,14,21,23-25H2,3-11H3,(H,39,44)/t31-,32+,38-/m0/s1. The highest BCUT2D eigenvalue weighted by molar-refractivity contribution is 5.91. The number of esters is 1. The Bertz CT molecular complexity index is 1440. The van der Waals surface area contributed by atoms with Crippen molar-refractivity contribution >= 4 is 29.7 Å². The van der Waals surface area contributed by atoms with Crippen molar-refractivity contribution in [2.75, 3.05) is 46.4 Å². The van der Waals surface area contributed by atoms with Gasteiger partial charge < -0.3 is 29.3 Å². The maximum absolute atomic E-state index is 14.3. The van der Waals surface area contributed by atoms with E-state index in [1.54, 1.807) is 7.11 Å². The Kier molecular flexibility index (Phi) is 12.1. The van der Waals surface area contributed by atoms with Crippen LogP contribution in [0.4, 0.5) is 10.5 Å². The van der Waals surface area contributed by atoms with Crippen LogP contribution in [0, 0.1) is 10.8 Å². The molecule has 3 rings (SSSR count). The molecule has 0 unspecified atom stereocenters. The second-order valence-electron chi connectivity index (χ2n) is 14.4. The van der Waals surface area contributed by atoms with E-state index >= 15 is 0 Å². The monoisotopic (exact) mass is 647 g/mol. The van der Waals surface area contributed by atoms with Crippen molar-refractivity contribution in [3.8, 4) is 11.1 Å². The molecule has 1 heterocycles. The number of hydrogen-bond acceptors (Lipinski definition) is 7. The molecular formula is C38H53N3O6. The lowest BCUT2D eigenvalue weighted by molar-refractivity contribution is -0.152. The summed E-state index contributed by atoms with van der Waals surface area (Å²) in [5.41, 5.74) is 3.00. The minimum Gasteiger partial charge on any atom is -0.467 e. The normalized spacial score (nSPS) is 18.7. The Labute approximate surface area is 280 Å². The fraction of sp³-hybridized carbons (Fsp3) is 0.500. The lowest BCUT2D eigenvalue weighted by atomic mass is 9.85. The number of allylic oxidation sites excluding steroid dienone is 1. The van der Waals surface area contributed by atoms with Crippen molar-refractivity contribution in [1.82, 2.24) is 10.2 Å². The number of alkyl carbamates (subject to hydrolysis) is 1. The predicted molar refractivity (Wildman–Crippen MR) is 188 cm³/mol. The second kappa shape index (κ2) is 15.2. The third-order valence-electron chi connectivity index (χ3n) is 8.96. The van der Waals surface area contributed by atoms with Crippen molar-refractivity contribution in [3.63, 3.8) is 0 Å². The van der Waals surface area contributed by atoms with Crippen LogP contribution in [0.5, 0.6) is 0 Å². The van der Waals surface area contributed by atoms with E-state index in [-0.39, 0.29) is 25.0 Å². The Hall–Kier alpha value is -4.11. The number of nitrogens with zero attached hydrogens (tertiary/aromatic N) is 2. The van der Waals surface area contributed by atoms with Crippen LogP contribution in [0.2, 0.25) is 0 Å². The van der Waals surface area contributed by atoms with E-state index in [1.165, 1.54) is 12.0 Å². The molecule has 47 heavy (non-hydrogen) atoms. The fourth-order valence-corrected chi connectivity index (χ4v) is 5.94. The molecule has 2 aromatic carbocycles. The highest BCUT2D eigenvalue weighted by atomic mass is 16.5. The maximum atomic E-state index is 14.3. The van der Waals surface area contributed by atoms with Gasteiger partial charge in [-0.25, -0.2) is 9.59 Å². The molecule has 1 saturated heterocycles. The van der Waals surface area contributed by atoms with Crippen LogP contribution in [0.3, 0.4) is 0 Å². The molecule has 0 bridgehead atoms. The van der Waals surface area contributed by atoms with Crippen LogP contribution in [0.25, 0.3) is 17.2 Å². The summed E-state index contributed by atoms with van der Waals surface area (Å²) in [6.45, 7) is 17.6. The minimum absolute atomic E-state index is 0.0920. The van der Waals surface area contributed by atoms with Crippen LogP contribution in [-0.4, -0.2) is 76.4 Å². The number of hydrogen-bond donors (Lipinski definition) is 1. The molecule has 2 amide bonds. The molecule has 2 aromatic rings.